The number of rotatable bonds is 4. The number of hydrogen-bond donors (Lipinski definition) is 0. The van der Waals surface area contributed by atoms with E-state index in [0.29, 0.717) is 29.6 Å². The summed E-state index contributed by atoms with van der Waals surface area (Å²) < 4.78 is 33.9. The van der Waals surface area contributed by atoms with Crippen LogP contribution in [0.2, 0.25) is 0 Å². The molecule has 0 bridgehead atoms. The SMILES string of the molecule is Cc1ccc(-c2noc([C@@H]3CCCN3S(=O)(=O)c3cc(C)c(C)cc3C)n2)cc1. The summed E-state index contributed by atoms with van der Waals surface area (Å²) in [6.07, 6.45) is 1.43. The molecule has 7 heteroatoms. The molecule has 0 aliphatic carbocycles. The van der Waals surface area contributed by atoms with Gasteiger partial charge in [0.05, 0.1) is 4.90 Å². The number of aromatic nitrogens is 2. The number of nitrogens with zero attached hydrogens (tertiary/aromatic N) is 3. The van der Waals surface area contributed by atoms with Crippen LogP contribution in [-0.2, 0) is 10.0 Å². The zero-order chi connectivity index (χ0) is 20.8. The van der Waals surface area contributed by atoms with Gasteiger partial charge in [0.1, 0.15) is 6.04 Å². The van der Waals surface area contributed by atoms with E-state index in [1.54, 1.807) is 6.07 Å². The molecule has 152 valence electrons. The van der Waals surface area contributed by atoms with E-state index in [9.17, 15) is 8.42 Å². The lowest BCUT2D eigenvalue weighted by molar-refractivity contribution is 0.290. The van der Waals surface area contributed by atoms with Gasteiger partial charge in [-0.15, -0.1) is 0 Å². The monoisotopic (exact) mass is 411 g/mol. The van der Waals surface area contributed by atoms with Gasteiger partial charge >= 0.3 is 0 Å². The van der Waals surface area contributed by atoms with E-state index in [2.05, 4.69) is 10.1 Å². The Morgan fingerprint density at radius 2 is 1.69 bits per heavy atom. The van der Waals surface area contributed by atoms with Gasteiger partial charge in [-0.05, 0) is 63.3 Å². The zero-order valence-electron chi connectivity index (χ0n) is 17.1. The summed E-state index contributed by atoms with van der Waals surface area (Å²) in [5.41, 5.74) is 4.80. The molecular formula is C22H25N3O3S. The first-order valence-electron chi connectivity index (χ1n) is 9.77. The second-order valence-corrected chi connectivity index (χ2v) is 9.66. The Morgan fingerprint density at radius 1 is 1.00 bits per heavy atom. The second-order valence-electron chi connectivity index (χ2n) is 7.80. The topological polar surface area (TPSA) is 76.3 Å². The molecule has 2 heterocycles. The molecule has 0 amide bonds. The Bertz CT molecular complexity index is 1150. The van der Waals surface area contributed by atoms with Crippen LogP contribution in [0.25, 0.3) is 11.4 Å². The Balaban J connectivity index is 1.68. The van der Waals surface area contributed by atoms with Crippen LogP contribution in [0, 0.1) is 27.7 Å². The number of sulfonamides is 1. The summed E-state index contributed by atoms with van der Waals surface area (Å²) in [5, 5.41) is 4.09. The first-order valence-corrected chi connectivity index (χ1v) is 11.2. The van der Waals surface area contributed by atoms with Gasteiger partial charge in [-0.3, -0.25) is 0 Å². The lowest BCUT2D eigenvalue weighted by Gasteiger charge is -2.23. The van der Waals surface area contributed by atoms with Gasteiger partial charge in [0.15, 0.2) is 0 Å². The van der Waals surface area contributed by atoms with Gasteiger partial charge in [0.25, 0.3) is 0 Å². The fourth-order valence-electron chi connectivity index (χ4n) is 3.80. The van der Waals surface area contributed by atoms with Gasteiger partial charge in [-0.2, -0.15) is 9.29 Å². The zero-order valence-corrected chi connectivity index (χ0v) is 18.0. The molecule has 1 saturated heterocycles. The molecule has 1 aliphatic heterocycles. The molecule has 1 aliphatic rings. The van der Waals surface area contributed by atoms with Crippen molar-refractivity contribution >= 4 is 10.0 Å². The highest BCUT2D eigenvalue weighted by atomic mass is 32.2. The number of hydrogen-bond acceptors (Lipinski definition) is 5. The van der Waals surface area contributed by atoms with E-state index in [-0.39, 0.29) is 0 Å². The maximum atomic E-state index is 13.5. The van der Waals surface area contributed by atoms with Crippen molar-refractivity contribution in [3.05, 3.63) is 64.5 Å². The van der Waals surface area contributed by atoms with Gasteiger partial charge in [-0.1, -0.05) is 41.1 Å². The number of benzene rings is 2. The Hall–Kier alpha value is -2.51. The molecule has 29 heavy (non-hydrogen) atoms. The van der Waals surface area contributed by atoms with Gasteiger partial charge in [0, 0.05) is 12.1 Å². The Morgan fingerprint density at radius 3 is 2.41 bits per heavy atom. The fraction of sp³-hybridized carbons (Fsp3) is 0.364. The van der Waals surface area contributed by atoms with Crippen molar-refractivity contribution in [1.29, 1.82) is 0 Å². The van der Waals surface area contributed by atoms with Crippen LogP contribution in [-0.4, -0.2) is 29.4 Å². The third-order valence-corrected chi connectivity index (χ3v) is 7.67. The molecule has 0 saturated carbocycles. The molecule has 0 spiro atoms. The molecule has 1 aromatic heterocycles. The average molecular weight is 412 g/mol. The van der Waals surface area contributed by atoms with E-state index < -0.39 is 16.1 Å². The molecular weight excluding hydrogens is 386 g/mol. The summed E-state index contributed by atoms with van der Waals surface area (Å²) in [6, 6.07) is 11.1. The first-order chi connectivity index (χ1) is 13.8. The van der Waals surface area contributed by atoms with Gasteiger partial charge < -0.3 is 4.52 Å². The minimum absolute atomic E-state index is 0.350. The summed E-state index contributed by atoms with van der Waals surface area (Å²) in [6.45, 7) is 8.22. The maximum absolute atomic E-state index is 13.5. The lowest BCUT2D eigenvalue weighted by Crippen LogP contribution is -2.31. The van der Waals surface area contributed by atoms with Crippen molar-refractivity contribution in [3.8, 4) is 11.4 Å². The van der Waals surface area contributed by atoms with Crippen LogP contribution in [0.1, 0.15) is 47.0 Å². The molecule has 1 atom stereocenters. The van der Waals surface area contributed by atoms with Gasteiger partial charge in [-0.25, -0.2) is 8.42 Å². The summed E-state index contributed by atoms with van der Waals surface area (Å²) >= 11 is 0. The van der Waals surface area contributed by atoms with Crippen LogP contribution < -0.4 is 0 Å². The molecule has 4 rings (SSSR count). The third kappa shape index (κ3) is 3.60. The second kappa shape index (κ2) is 7.39. The van der Waals surface area contributed by atoms with Crippen LogP contribution >= 0.6 is 0 Å². The van der Waals surface area contributed by atoms with E-state index in [1.165, 1.54) is 4.31 Å². The molecule has 3 aromatic rings. The van der Waals surface area contributed by atoms with Crippen LogP contribution in [0.3, 0.4) is 0 Å². The summed E-state index contributed by atoms with van der Waals surface area (Å²) in [7, 11) is -3.66. The molecule has 0 radical (unpaired) electrons. The largest absolute Gasteiger partial charge is 0.337 e. The van der Waals surface area contributed by atoms with E-state index in [1.807, 2.05) is 58.0 Å². The number of aryl methyl sites for hydroxylation is 4. The normalized spacial score (nSPS) is 17.7. The fourth-order valence-corrected chi connectivity index (χ4v) is 5.75. The maximum Gasteiger partial charge on any atom is 0.245 e. The highest BCUT2D eigenvalue weighted by Crippen LogP contribution is 2.37. The molecule has 6 nitrogen and oxygen atoms in total. The quantitative estimate of drug-likeness (QED) is 0.632. The molecule has 0 unspecified atom stereocenters. The highest BCUT2D eigenvalue weighted by Gasteiger charge is 2.40. The van der Waals surface area contributed by atoms with Crippen molar-refractivity contribution in [2.45, 2.75) is 51.5 Å². The minimum Gasteiger partial charge on any atom is -0.337 e. The predicted octanol–water partition coefficient (Wildman–Crippen LogP) is 4.50. The van der Waals surface area contributed by atoms with Crippen LogP contribution in [0.5, 0.6) is 0 Å². The molecule has 1 fully saturated rings. The van der Waals surface area contributed by atoms with Crippen molar-refractivity contribution in [1.82, 2.24) is 14.4 Å². The van der Waals surface area contributed by atoms with E-state index >= 15 is 0 Å². The Labute approximate surface area is 171 Å². The standard InChI is InChI=1S/C22H25N3O3S/c1-14-7-9-18(10-8-14)21-23-22(28-24-21)19-6-5-11-25(19)29(26,27)20-13-16(3)15(2)12-17(20)4/h7-10,12-13,19H,5-6,11H2,1-4H3/t19-/m0/s1. The lowest BCUT2D eigenvalue weighted by atomic mass is 10.1. The first kappa shape index (κ1) is 19.8. The highest BCUT2D eigenvalue weighted by molar-refractivity contribution is 7.89. The van der Waals surface area contributed by atoms with Crippen molar-refractivity contribution in [2.75, 3.05) is 6.54 Å². The van der Waals surface area contributed by atoms with E-state index in [0.717, 1.165) is 34.2 Å². The van der Waals surface area contributed by atoms with Gasteiger partial charge in [0.2, 0.25) is 21.7 Å². The van der Waals surface area contributed by atoms with Crippen LogP contribution in [0.4, 0.5) is 0 Å². The predicted molar refractivity (Wildman–Crippen MR) is 111 cm³/mol. The summed E-state index contributed by atoms with van der Waals surface area (Å²) in [5.74, 6) is 0.828. The van der Waals surface area contributed by atoms with Crippen molar-refractivity contribution in [3.63, 3.8) is 0 Å². The van der Waals surface area contributed by atoms with Crippen LogP contribution in [0.15, 0.2) is 45.8 Å². The van der Waals surface area contributed by atoms with E-state index in [4.69, 9.17) is 4.52 Å². The minimum atomic E-state index is -3.66. The van der Waals surface area contributed by atoms with Crippen molar-refractivity contribution < 1.29 is 12.9 Å². The molecule has 0 N–H and O–H groups in total. The van der Waals surface area contributed by atoms with Crippen molar-refractivity contribution in [2.24, 2.45) is 0 Å². The molecule has 2 aromatic carbocycles. The third-order valence-electron chi connectivity index (χ3n) is 5.62. The average Bonchev–Trinajstić information content (AvgIpc) is 3.34. The summed E-state index contributed by atoms with van der Waals surface area (Å²) in [4.78, 5) is 4.87. The Kier molecular flexibility index (Phi) is 5.04. The smallest absolute Gasteiger partial charge is 0.245 e.